The molecule has 31 heavy (non-hydrogen) atoms. The summed E-state index contributed by atoms with van der Waals surface area (Å²) in [6.45, 7) is 0.0756. The van der Waals surface area contributed by atoms with Crippen LogP contribution in [0.3, 0.4) is 0 Å². The van der Waals surface area contributed by atoms with Crippen LogP contribution in [0, 0.1) is 0 Å². The molecule has 3 aromatic rings. The number of carbonyl (C=O) groups is 2. The van der Waals surface area contributed by atoms with Gasteiger partial charge in [0.05, 0.1) is 12.2 Å². The summed E-state index contributed by atoms with van der Waals surface area (Å²) in [4.78, 5) is 25.8. The third kappa shape index (κ3) is 5.48. The molecule has 160 valence electrons. The Morgan fingerprint density at radius 1 is 1.03 bits per heavy atom. The van der Waals surface area contributed by atoms with E-state index >= 15 is 0 Å². The smallest absolute Gasteiger partial charge is 0.274 e. The number of amides is 2. The lowest BCUT2D eigenvalue weighted by atomic mass is 10.1. The molecule has 3 rings (SSSR count). The van der Waals surface area contributed by atoms with Crippen LogP contribution in [0.2, 0.25) is 0 Å². The van der Waals surface area contributed by atoms with Crippen molar-refractivity contribution in [2.75, 3.05) is 26.8 Å². The highest BCUT2D eigenvalue weighted by Gasteiger charge is 2.16. The molecule has 0 radical (unpaired) electrons. The molecule has 2 amide bonds. The van der Waals surface area contributed by atoms with Gasteiger partial charge in [0, 0.05) is 24.5 Å². The predicted molar refractivity (Wildman–Crippen MR) is 118 cm³/mol. The maximum Gasteiger partial charge on any atom is 0.274 e. The molecule has 0 aliphatic carbocycles. The van der Waals surface area contributed by atoms with Gasteiger partial charge < -0.3 is 14.7 Å². The maximum absolute atomic E-state index is 12.9. The quantitative estimate of drug-likeness (QED) is 0.296. The van der Waals surface area contributed by atoms with E-state index < -0.39 is 5.91 Å². The summed E-state index contributed by atoms with van der Waals surface area (Å²) in [5, 5.41) is 19.9. The zero-order valence-electron chi connectivity index (χ0n) is 17.1. The van der Waals surface area contributed by atoms with Crippen LogP contribution < -0.4 is 10.2 Å². The Morgan fingerprint density at radius 3 is 2.45 bits per heavy atom. The minimum atomic E-state index is -0.617. The van der Waals surface area contributed by atoms with Gasteiger partial charge in [0.15, 0.2) is 0 Å². The minimum absolute atomic E-state index is 0.0293. The number of nitrogens with zero attached hydrogens (tertiary/aromatic N) is 1. The molecule has 0 saturated heterocycles. The number of benzene rings is 3. The van der Waals surface area contributed by atoms with Gasteiger partial charge in [-0.2, -0.15) is 0 Å². The van der Waals surface area contributed by atoms with E-state index in [0.717, 1.165) is 10.8 Å². The van der Waals surface area contributed by atoms with Crippen molar-refractivity contribution in [3.05, 3.63) is 83.4 Å². The van der Waals surface area contributed by atoms with Gasteiger partial charge in [0.2, 0.25) is 0 Å². The first-order chi connectivity index (χ1) is 15.0. The standard InChI is InChI=1S/C24H24N2O5/c1-26(13-14-27)24(29)20(15-17-9-11-19(12-10-17)23(28)25-30)16-31-22-8-4-6-18-5-2-3-7-21(18)22/h2-12,15,27,30H,13-14,16H2,1H3,(H,25,28)/b20-15+. The molecule has 0 bridgehead atoms. The van der Waals surface area contributed by atoms with Crippen molar-refractivity contribution < 1.29 is 24.6 Å². The van der Waals surface area contributed by atoms with Crippen LogP contribution in [0.5, 0.6) is 5.75 Å². The molecule has 3 aromatic carbocycles. The lowest BCUT2D eigenvalue weighted by molar-refractivity contribution is -0.126. The summed E-state index contributed by atoms with van der Waals surface area (Å²) in [6, 6.07) is 20.0. The van der Waals surface area contributed by atoms with E-state index in [1.54, 1.807) is 42.9 Å². The molecule has 3 N–H and O–H groups in total. The Kier molecular flexibility index (Phi) is 7.37. The highest BCUT2D eigenvalue weighted by atomic mass is 16.5. The van der Waals surface area contributed by atoms with E-state index in [9.17, 15) is 14.7 Å². The number of hydrogen-bond donors (Lipinski definition) is 3. The average molecular weight is 420 g/mol. The first-order valence-electron chi connectivity index (χ1n) is 9.75. The monoisotopic (exact) mass is 420 g/mol. The largest absolute Gasteiger partial charge is 0.488 e. The Balaban J connectivity index is 1.88. The van der Waals surface area contributed by atoms with Crippen molar-refractivity contribution in [1.82, 2.24) is 10.4 Å². The van der Waals surface area contributed by atoms with Crippen LogP contribution >= 0.6 is 0 Å². The van der Waals surface area contributed by atoms with Crippen LogP contribution in [0.15, 0.2) is 72.3 Å². The van der Waals surface area contributed by atoms with E-state index in [-0.39, 0.29) is 31.2 Å². The van der Waals surface area contributed by atoms with Gasteiger partial charge in [0.25, 0.3) is 11.8 Å². The number of nitrogens with one attached hydrogen (secondary N) is 1. The Labute approximate surface area is 180 Å². The van der Waals surface area contributed by atoms with Crippen molar-refractivity contribution in [2.24, 2.45) is 0 Å². The maximum atomic E-state index is 12.9. The van der Waals surface area contributed by atoms with E-state index in [4.69, 9.17) is 9.94 Å². The summed E-state index contributed by atoms with van der Waals surface area (Å²) >= 11 is 0. The fourth-order valence-corrected chi connectivity index (χ4v) is 3.14. The molecule has 0 spiro atoms. The summed E-state index contributed by atoms with van der Waals surface area (Å²) in [5.74, 6) is -0.225. The van der Waals surface area contributed by atoms with Crippen LogP contribution in [-0.2, 0) is 4.79 Å². The number of likely N-dealkylation sites (N-methyl/N-ethyl adjacent to an activating group) is 1. The molecule has 0 fully saturated rings. The van der Waals surface area contributed by atoms with Gasteiger partial charge in [-0.1, -0.05) is 48.5 Å². The third-order valence-corrected chi connectivity index (χ3v) is 4.80. The van der Waals surface area contributed by atoms with E-state index in [1.165, 1.54) is 4.90 Å². The predicted octanol–water partition coefficient (Wildman–Crippen LogP) is 2.87. The van der Waals surface area contributed by atoms with Gasteiger partial charge in [0.1, 0.15) is 12.4 Å². The summed E-state index contributed by atoms with van der Waals surface area (Å²) in [5.41, 5.74) is 2.96. The second-order valence-electron chi connectivity index (χ2n) is 6.95. The number of hydroxylamine groups is 1. The average Bonchev–Trinajstić information content (AvgIpc) is 2.81. The summed E-state index contributed by atoms with van der Waals surface area (Å²) in [7, 11) is 1.61. The zero-order chi connectivity index (χ0) is 22.2. The fraction of sp³-hybridized carbons (Fsp3) is 0.167. The molecule has 7 heteroatoms. The Morgan fingerprint density at radius 2 is 1.74 bits per heavy atom. The molecule has 0 atom stereocenters. The molecule has 0 aliphatic rings. The highest BCUT2D eigenvalue weighted by molar-refractivity contribution is 5.98. The minimum Gasteiger partial charge on any atom is -0.488 e. The molecule has 0 saturated carbocycles. The normalized spacial score (nSPS) is 11.3. The second-order valence-corrected chi connectivity index (χ2v) is 6.95. The van der Waals surface area contributed by atoms with Gasteiger partial charge >= 0.3 is 0 Å². The molecule has 7 nitrogen and oxygen atoms in total. The molecule has 0 unspecified atom stereocenters. The zero-order valence-corrected chi connectivity index (χ0v) is 17.1. The van der Waals surface area contributed by atoms with Gasteiger partial charge in [-0.3, -0.25) is 14.8 Å². The van der Waals surface area contributed by atoms with Crippen LogP contribution in [-0.4, -0.2) is 53.8 Å². The summed E-state index contributed by atoms with van der Waals surface area (Å²) < 4.78 is 6.01. The second kappa shape index (κ2) is 10.4. The van der Waals surface area contributed by atoms with Crippen LogP contribution in [0.1, 0.15) is 15.9 Å². The number of carbonyl (C=O) groups excluding carboxylic acids is 2. The molecular weight excluding hydrogens is 396 g/mol. The number of rotatable bonds is 8. The number of hydrogen-bond acceptors (Lipinski definition) is 5. The third-order valence-electron chi connectivity index (χ3n) is 4.80. The SMILES string of the molecule is CN(CCO)C(=O)/C(=C/c1ccc(C(=O)NO)cc1)COc1cccc2ccccc12. The summed E-state index contributed by atoms with van der Waals surface area (Å²) in [6.07, 6.45) is 1.68. The number of aliphatic hydroxyl groups is 1. The highest BCUT2D eigenvalue weighted by Crippen LogP contribution is 2.26. The van der Waals surface area contributed by atoms with E-state index in [1.807, 2.05) is 42.5 Å². The molecule has 0 heterocycles. The van der Waals surface area contributed by atoms with Gasteiger partial charge in [-0.25, -0.2) is 5.48 Å². The van der Waals surface area contributed by atoms with Crippen molar-refractivity contribution in [1.29, 1.82) is 0 Å². The van der Waals surface area contributed by atoms with Crippen LogP contribution in [0.4, 0.5) is 0 Å². The van der Waals surface area contributed by atoms with E-state index in [0.29, 0.717) is 16.9 Å². The lowest BCUT2D eigenvalue weighted by Gasteiger charge is -2.19. The number of ether oxygens (including phenoxy) is 1. The van der Waals surface area contributed by atoms with Crippen LogP contribution in [0.25, 0.3) is 16.8 Å². The molecule has 0 aliphatic heterocycles. The van der Waals surface area contributed by atoms with Crippen molar-refractivity contribution in [2.45, 2.75) is 0 Å². The fourth-order valence-electron chi connectivity index (χ4n) is 3.14. The van der Waals surface area contributed by atoms with Crippen molar-refractivity contribution >= 4 is 28.7 Å². The lowest BCUT2D eigenvalue weighted by Crippen LogP contribution is -2.32. The number of fused-ring (bicyclic) bond motifs is 1. The van der Waals surface area contributed by atoms with Gasteiger partial charge in [-0.15, -0.1) is 0 Å². The Bertz CT molecular complexity index is 1090. The van der Waals surface area contributed by atoms with E-state index in [2.05, 4.69) is 0 Å². The van der Waals surface area contributed by atoms with Crippen molar-refractivity contribution in [3.63, 3.8) is 0 Å². The first-order valence-corrected chi connectivity index (χ1v) is 9.75. The van der Waals surface area contributed by atoms with Gasteiger partial charge in [-0.05, 0) is 35.2 Å². The molecular formula is C24H24N2O5. The number of aliphatic hydroxyl groups excluding tert-OH is 1. The molecule has 0 aromatic heterocycles. The first kappa shape index (κ1) is 22.0. The van der Waals surface area contributed by atoms with Crippen molar-refractivity contribution in [3.8, 4) is 5.75 Å². The topological polar surface area (TPSA) is 99.1 Å². The Hall–Kier alpha value is -3.68.